The molecule has 0 radical (unpaired) electrons. The molecule has 3 rings (SSSR count). The van der Waals surface area contributed by atoms with Crippen molar-refractivity contribution in [2.45, 2.75) is 92.1 Å². The maximum Gasteiger partial charge on any atom is 0.187 e. The summed E-state index contributed by atoms with van der Waals surface area (Å²) in [5.74, 6) is 0. The van der Waals surface area contributed by atoms with Gasteiger partial charge in [-0.2, -0.15) is 0 Å². The molecular weight excluding hydrogens is 470 g/mol. The molecule has 34 heavy (non-hydrogen) atoms. The monoisotopic (exact) mass is 503 g/mol. The minimum atomic E-state index is -1.87. The van der Waals surface area contributed by atoms with Crippen LogP contribution in [0.1, 0.15) is 0 Å². The fourth-order valence-corrected chi connectivity index (χ4v) is 4.09. The van der Waals surface area contributed by atoms with E-state index in [0.29, 0.717) is 0 Å². The van der Waals surface area contributed by atoms with E-state index in [-0.39, 0.29) is 0 Å². The van der Waals surface area contributed by atoms with Gasteiger partial charge in [-0.25, -0.2) is 0 Å². The van der Waals surface area contributed by atoms with Gasteiger partial charge in [0, 0.05) is 0 Å². The molecule has 0 amide bonds. The molecule has 0 unspecified atom stereocenters. The molecule has 0 bridgehead atoms. The molecule has 200 valence electrons. The molecule has 0 aliphatic carbocycles. The maximum atomic E-state index is 10.6. The highest BCUT2D eigenvalue weighted by Crippen LogP contribution is 2.31. The molecule has 12 N–H and O–H groups in total. The van der Waals surface area contributed by atoms with Gasteiger partial charge in [-0.3, -0.25) is 0 Å². The molecule has 0 aromatic rings. The number of nitrogens with two attached hydrogens (primary N) is 1. The average molecular weight is 503 g/mol. The van der Waals surface area contributed by atoms with E-state index in [1.807, 2.05) is 0 Å². The molecule has 0 aromatic heterocycles. The third kappa shape index (κ3) is 5.37. The van der Waals surface area contributed by atoms with Crippen molar-refractivity contribution in [3.05, 3.63) is 0 Å². The number of ether oxygens (including phenoxy) is 5. The number of aliphatic hydroxyl groups excluding tert-OH is 10. The summed E-state index contributed by atoms with van der Waals surface area (Å²) in [5, 5.41) is 99.7. The Labute approximate surface area is 193 Å². The van der Waals surface area contributed by atoms with Gasteiger partial charge in [0.25, 0.3) is 0 Å². The van der Waals surface area contributed by atoms with Crippen molar-refractivity contribution in [2.24, 2.45) is 5.73 Å². The second-order valence-electron chi connectivity index (χ2n) is 8.42. The van der Waals surface area contributed by atoms with Gasteiger partial charge < -0.3 is 80.5 Å². The summed E-state index contributed by atoms with van der Waals surface area (Å²) in [6, 6.07) is -1.32. The Morgan fingerprint density at radius 2 is 0.971 bits per heavy atom. The van der Waals surface area contributed by atoms with Crippen molar-refractivity contribution in [2.75, 3.05) is 19.8 Å². The molecule has 3 saturated heterocycles. The van der Waals surface area contributed by atoms with E-state index in [0.717, 1.165) is 0 Å². The summed E-state index contributed by atoms with van der Waals surface area (Å²) in [6.07, 6.45) is -22.4. The van der Waals surface area contributed by atoms with Gasteiger partial charge in [0.05, 0.1) is 25.9 Å². The largest absolute Gasteiger partial charge is 0.394 e. The second kappa shape index (κ2) is 11.6. The fourth-order valence-electron chi connectivity index (χ4n) is 4.09. The van der Waals surface area contributed by atoms with E-state index in [9.17, 15) is 51.1 Å². The first-order chi connectivity index (χ1) is 16.0. The van der Waals surface area contributed by atoms with Gasteiger partial charge in [-0.05, 0) is 0 Å². The van der Waals surface area contributed by atoms with E-state index in [1.54, 1.807) is 0 Å². The second-order valence-corrected chi connectivity index (χ2v) is 8.42. The minimum Gasteiger partial charge on any atom is -0.394 e. The van der Waals surface area contributed by atoms with E-state index in [2.05, 4.69) is 0 Å². The van der Waals surface area contributed by atoms with Gasteiger partial charge in [0.15, 0.2) is 18.9 Å². The maximum absolute atomic E-state index is 10.6. The number of hydrogen-bond donors (Lipinski definition) is 11. The summed E-state index contributed by atoms with van der Waals surface area (Å²) in [7, 11) is 0. The van der Waals surface area contributed by atoms with Crippen LogP contribution in [-0.4, -0.2) is 163 Å². The molecular formula is C18H33NO15. The zero-order valence-corrected chi connectivity index (χ0v) is 17.9. The topological polar surface area (TPSA) is 274 Å². The van der Waals surface area contributed by atoms with E-state index in [1.165, 1.54) is 0 Å². The summed E-state index contributed by atoms with van der Waals surface area (Å²) < 4.78 is 26.7. The normalized spacial score (nSPS) is 52.5. The summed E-state index contributed by atoms with van der Waals surface area (Å²) in [6.45, 7) is -2.23. The molecule has 0 aromatic carbocycles. The molecule has 3 aliphatic rings. The van der Waals surface area contributed by atoms with Crippen LogP contribution in [0.5, 0.6) is 0 Å². The van der Waals surface area contributed by atoms with Crippen LogP contribution < -0.4 is 5.73 Å². The Morgan fingerprint density at radius 1 is 0.529 bits per heavy atom. The Hall–Kier alpha value is -0.640. The van der Waals surface area contributed by atoms with Crippen LogP contribution in [0.25, 0.3) is 0 Å². The smallest absolute Gasteiger partial charge is 0.187 e. The van der Waals surface area contributed by atoms with Crippen molar-refractivity contribution < 1.29 is 74.7 Å². The first-order valence-electron chi connectivity index (χ1n) is 10.7. The zero-order chi connectivity index (χ0) is 25.3. The Kier molecular flexibility index (Phi) is 9.54. The highest BCUT2D eigenvalue weighted by molar-refractivity contribution is 4.96. The van der Waals surface area contributed by atoms with Gasteiger partial charge in [-0.15, -0.1) is 0 Å². The quantitative estimate of drug-likeness (QED) is 0.154. The lowest BCUT2D eigenvalue weighted by atomic mass is 9.95. The first-order valence-corrected chi connectivity index (χ1v) is 10.7. The molecule has 0 saturated carbocycles. The third-order valence-electron chi connectivity index (χ3n) is 6.17. The zero-order valence-electron chi connectivity index (χ0n) is 17.9. The lowest BCUT2D eigenvalue weighted by molar-refractivity contribution is -0.373. The molecule has 3 fully saturated rings. The van der Waals surface area contributed by atoms with Crippen molar-refractivity contribution in [3.63, 3.8) is 0 Å². The first kappa shape index (κ1) is 27.9. The van der Waals surface area contributed by atoms with Crippen molar-refractivity contribution in [3.8, 4) is 0 Å². The lowest BCUT2D eigenvalue weighted by Gasteiger charge is -2.48. The van der Waals surface area contributed by atoms with E-state index in [4.69, 9.17) is 29.4 Å². The third-order valence-corrected chi connectivity index (χ3v) is 6.17. The average Bonchev–Trinajstić information content (AvgIpc) is 2.83. The van der Waals surface area contributed by atoms with E-state index >= 15 is 0 Å². The van der Waals surface area contributed by atoms with Crippen LogP contribution >= 0.6 is 0 Å². The molecule has 16 nitrogen and oxygen atoms in total. The van der Waals surface area contributed by atoms with Crippen LogP contribution in [0, 0.1) is 0 Å². The predicted molar refractivity (Wildman–Crippen MR) is 103 cm³/mol. The van der Waals surface area contributed by atoms with Crippen LogP contribution in [0.4, 0.5) is 0 Å². The van der Waals surface area contributed by atoms with Crippen LogP contribution in [0.3, 0.4) is 0 Å². The molecule has 3 aliphatic heterocycles. The lowest BCUT2D eigenvalue weighted by Crippen LogP contribution is -2.67. The predicted octanol–water partition coefficient (Wildman–Crippen LogP) is -7.61. The molecule has 0 spiro atoms. The van der Waals surface area contributed by atoms with Crippen LogP contribution in [0.15, 0.2) is 0 Å². The fraction of sp³-hybridized carbons (Fsp3) is 1.00. The van der Waals surface area contributed by atoms with Crippen LogP contribution in [-0.2, 0) is 23.7 Å². The van der Waals surface area contributed by atoms with Crippen molar-refractivity contribution in [1.82, 2.24) is 0 Å². The summed E-state index contributed by atoms with van der Waals surface area (Å²) in [4.78, 5) is 0. The Balaban J connectivity index is 1.72. The SMILES string of the molecule is N[C@H]1[C@@H](O)[C@H](O[C@H]2O[C@@H](CO)[C@H](O[C@@H]3O[C@H](CO)[C@@H](O)[C@H](O)[C@@H]3O)[C@@H](O)[C@@H]2O)[C@@H](CO)O[C@H]1O. The Bertz CT molecular complexity index is 640. The van der Waals surface area contributed by atoms with Gasteiger partial charge in [0.2, 0.25) is 0 Å². The highest BCUT2D eigenvalue weighted by atomic mass is 16.7. The van der Waals surface area contributed by atoms with E-state index < -0.39 is 112 Å². The number of rotatable bonds is 7. The Morgan fingerprint density at radius 3 is 1.50 bits per heavy atom. The summed E-state index contributed by atoms with van der Waals surface area (Å²) >= 11 is 0. The van der Waals surface area contributed by atoms with Crippen LogP contribution in [0.2, 0.25) is 0 Å². The minimum absolute atomic E-state index is 0.705. The van der Waals surface area contributed by atoms with Crippen molar-refractivity contribution >= 4 is 0 Å². The van der Waals surface area contributed by atoms with Gasteiger partial charge >= 0.3 is 0 Å². The molecule has 16 heteroatoms. The summed E-state index contributed by atoms with van der Waals surface area (Å²) in [5.41, 5.74) is 5.64. The number of aliphatic hydroxyl groups is 10. The molecule has 15 atom stereocenters. The molecule has 3 heterocycles. The highest BCUT2D eigenvalue weighted by Gasteiger charge is 2.53. The van der Waals surface area contributed by atoms with Gasteiger partial charge in [0.1, 0.15) is 67.1 Å². The van der Waals surface area contributed by atoms with Crippen molar-refractivity contribution in [1.29, 1.82) is 0 Å². The standard InChI is InChI=1S/C18H33NO15/c19-7-9(24)14(5(2-21)30-16(7)29)33-18-13(28)11(26)15(6(3-22)32-18)34-17-12(27)10(25)8(23)4(1-20)31-17/h4-18,20-29H,1-3,19H2/t4-,5-,6+,7+,8-,9-,10+,11+,12+,13+,14-,15+,16-,17+,18-/m1/s1. The number of hydrogen-bond acceptors (Lipinski definition) is 16. The van der Waals surface area contributed by atoms with Gasteiger partial charge in [-0.1, -0.05) is 0 Å².